The van der Waals surface area contributed by atoms with Crippen molar-refractivity contribution in [2.24, 2.45) is 0 Å². The molecule has 0 aliphatic carbocycles. The zero-order chi connectivity index (χ0) is 17.5. The number of ether oxygens (including phenoxy) is 1. The Kier molecular flexibility index (Phi) is 4.77. The molecule has 0 aliphatic rings. The van der Waals surface area contributed by atoms with Gasteiger partial charge in [0.1, 0.15) is 5.75 Å². The van der Waals surface area contributed by atoms with Gasteiger partial charge in [-0.25, -0.2) is 12.4 Å². The summed E-state index contributed by atoms with van der Waals surface area (Å²) in [5.74, 6) is 0.530. The lowest BCUT2D eigenvalue weighted by atomic mass is 10.2. The molecule has 125 valence electrons. The summed E-state index contributed by atoms with van der Waals surface area (Å²) in [6.07, 6.45) is 0. The molecule has 7 heteroatoms. The maximum Gasteiger partial charge on any atom is 0.268 e. The lowest BCUT2D eigenvalue weighted by Crippen LogP contribution is -2.14. The number of hydrogen-bond acceptors (Lipinski definition) is 3. The highest BCUT2D eigenvalue weighted by molar-refractivity contribution is 9.10. The summed E-state index contributed by atoms with van der Waals surface area (Å²) in [6, 6.07) is 12.0. The van der Waals surface area contributed by atoms with Gasteiger partial charge in [-0.3, -0.25) is 0 Å². The largest absolute Gasteiger partial charge is 0.491 e. The normalized spacial score (nSPS) is 11.8. The minimum Gasteiger partial charge on any atom is -0.491 e. The van der Waals surface area contributed by atoms with E-state index in [4.69, 9.17) is 4.74 Å². The van der Waals surface area contributed by atoms with Crippen molar-refractivity contribution in [3.63, 3.8) is 0 Å². The predicted molar refractivity (Wildman–Crippen MR) is 102 cm³/mol. The van der Waals surface area contributed by atoms with Crippen LogP contribution in [0.25, 0.3) is 10.9 Å². The maximum absolute atomic E-state index is 13.1. The van der Waals surface area contributed by atoms with Gasteiger partial charge in [0.2, 0.25) is 0 Å². The van der Waals surface area contributed by atoms with E-state index in [0.29, 0.717) is 17.0 Å². The van der Waals surface area contributed by atoms with Crippen LogP contribution in [-0.2, 0) is 10.0 Å². The molecule has 3 aromatic rings. The Hall–Kier alpha value is -1.31. The highest BCUT2D eigenvalue weighted by Gasteiger charge is 2.25. The minimum atomic E-state index is -3.74. The van der Waals surface area contributed by atoms with Crippen molar-refractivity contribution in [1.82, 2.24) is 3.97 Å². The first-order valence-corrected chi connectivity index (χ1v) is 10.1. The Morgan fingerprint density at radius 1 is 1.08 bits per heavy atom. The van der Waals surface area contributed by atoms with Crippen molar-refractivity contribution < 1.29 is 13.2 Å². The number of halogens is 2. The number of nitrogens with zero attached hydrogens (tertiary/aromatic N) is 1. The fourth-order valence-electron chi connectivity index (χ4n) is 2.64. The highest BCUT2D eigenvalue weighted by Crippen LogP contribution is 2.37. The van der Waals surface area contributed by atoms with Gasteiger partial charge in [-0.2, -0.15) is 0 Å². The Balaban J connectivity index is 2.33. The monoisotopic (exact) mass is 470 g/mol. The third kappa shape index (κ3) is 2.89. The molecule has 3 rings (SSSR count). The van der Waals surface area contributed by atoms with Crippen LogP contribution in [0, 0.1) is 13.8 Å². The van der Waals surface area contributed by atoms with Crippen LogP contribution in [0.5, 0.6) is 5.75 Å². The van der Waals surface area contributed by atoms with Gasteiger partial charge < -0.3 is 4.74 Å². The molecule has 1 aromatic heterocycles. The van der Waals surface area contributed by atoms with Crippen LogP contribution in [-0.4, -0.2) is 19.0 Å². The summed E-state index contributed by atoms with van der Waals surface area (Å²) >= 11 is 6.74. The number of fused-ring (bicyclic) bond motifs is 1. The second-order valence-electron chi connectivity index (χ2n) is 5.15. The fourth-order valence-corrected chi connectivity index (χ4v) is 4.82. The number of hydrogen-bond donors (Lipinski definition) is 0. The van der Waals surface area contributed by atoms with E-state index in [9.17, 15) is 8.42 Å². The van der Waals surface area contributed by atoms with Crippen molar-refractivity contribution in [2.75, 3.05) is 6.61 Å². The van der Waals surface area contributed by atoms with Crippen molar-refractivity contribution >= 4 is 52.8 Å². The molecule has 0 saturated heterocycles. The van der Waals surface area contributed by atoms with E-state index in [1.807, 2.05) is 12.1 Å². The first-order valence-electron chi connectivity index (χ1n) is 7.10. The molecule has 0 aliphatic heterocycles. The first kappa shape index (κ1) is 17.5. The molecule has 4 nitrogen and oxygen atoms in total. The van der Waals surface area contributed by atoms with E-state index in [-0.39, 0.29) is 11.5 Å². The third-order valence-corrected chi connectivity index (χ3v) is 6.49. The summed E-state index contributed by atoms with van der Waals surface area (Å²) < 4.78 is 34.9. The highest BCUT2D eigenvalue weighted by atomic mass is 79.9. The average molecular weight is 472 g/mol. The van der Waals surface area contributed by atoms with Crippen molar-refractivity contribution in [1.29, 1.82) is 0 Å². The lowest BCUT2D eigenvalue weighted by molar-refractivity contribution is 0.362. The summed E-state index contributed by atoms with van der Waals surface area (Å²) in [6.45, 7) is 5.64. The molecule has 0 bridgehead atoms. The topological polar surface area (TPSA) is 48.3 Å². The molecule has 0 spiro atoms. The molecule has 0 saturated carbocycles. The SMILES string of the molecule is [CH2]COc1c(C)n(S(=O)(=O)c2ccc(Br)cc2)c2ccc(Br)cc12. The average Bonchev–Trinajstić information content (AvgIpc) is 2.81. The Morgan fingerprint density at radius 2 is 1.71 bits per heavy atom. The van der Waals surface area contributed by atoms with Gasteiger partial charge in [0, 0.05) is 14.3 Å². The van der Waals surface area contributed by atoms with Gasteiger partial charge in [-0.05, 0) is 56.3 Å². The standard InChI is InChI=1S/C17H14Br2NO3S/c1-3-23-17-11(2)20(16-9-6-13(19)10-15(16)17)24(21,22)14-7-4-12(18)5-8-14/h4-10H,1,3H2,2H3. The predicted octanol–water partition coefficient (Wildman–Crippen LogP) is 4.92. The Labute approximate surface area is 157 Å². The van der Waals surface area contributed by atoms with E-state index < -0.39 is 10.0 Å². The van der Waals surface area contributed by atoms with E-state index in [1.54, 1.807) is 37.3 Å². The molecular weight excluding hydrogens is 458 g/mol. The van der Waals surface area contributed by atoms with Gasteiger partial charge in [-0.1, -0.05) is 31.9 Å². The summed E-state index contributed by atoms with van der Waals surface area (Å²) in [5.41, 5.74) is 1.09. The van der Waals surface area contributed by atoms with Gasteiger partial charge in [0.05, 0.1) is 22.7 Å². The zero-order valence-corrected chi connectivity index (χ0v) is 16.8. The maximum atomic E-state index is 13.1. The Bertz CT molecular complexity index is 1010. The second-order valence-corrected chi connectivity index (χ2v) is 8.77. The van der Waals surface area contributed by atoms with Crippen LogP contribution in [0.15, 0.2) is 56.3 Å². The number of rotatable bonds is 4. The molecule has 0 N–H and O–H groups in total. The van der Waals surface area contributed by atoms with E-state index in [0.717, 1.165) is 14.3 Å². The van der Waals surface area contributed by atoms with Crippen molar-refractivity contribution in [3.05, 3.63) is 64.0 Å². The van der Waals surface area contributed by atoms with Crippen LogP contribution < -0.4 is 4.74 Å². The number of benzene rings is 2. The van der Waals surface area contributed by atoms with Crippen LogP contribution in [0.1, 0.15) is 5.69 Å². The van der Waals surface area contributed by atoms with Gasteiger partial charge >= 0.3 is 0 Å². The van der Waals surface area contributed by atoms with E-state index in [1.165, 1.54) is 3.97 Å². The smallest absolute Gasteiger partial charge is 0.268 e. The van der Waals surface area contributed by atoms with Gasteiger partial charge in [0.15, 0.2) is 0 Å². The molecule has 0 amide bonds. The molecule has 1 heterocycles. The first-order chi connectivity index (χ1) is 11.4. The lowest BCUT2D eigenvalue weighted by Gasteiger charge is -2.10. The third-order valence-electron chi connectivity index (χ3n) is 3.65. The van der Waals surface area contributed by atoms with Gasteiger partial charge in [-0.15, -0.1) is 0 Å². The Morgan fingerprint density at radius 3 is 2.33 bits per heavy atom. The zero-order valence-electron chi connectivity index (χ0n) is 12.8. The molecule has 0 atom stereocenters. The molecule has 2 aromatic carbocycles. The minimum absolute atomic E-state index is 0.213. The van der Waals surface area contributed by atoms with Crippen LogP contribution in [0.2, 0.25) is 0 Å². The van der Waals surface area contributed by atoms with E-state index >= 15 is 0 Å². The van der Waals surface area contributed by atoms with Crippen LogP contribution in [0.3, 0.4) is 0 Å². The number of aromatic nitrogens is 1. The summed E-state index contributed by atoms with van der Waals surface area (Å²) in [4.78, 5) is 0.217. The van der Waals surface area contributed by atoms with Crippen LogP contribution in [0.4, 0.5) is 0 Å². The molecular formula is C17H14Br2NO3S. The van der Waals surface area contributed by atoms with Crippen molar-refractivity contribution in [2.45, 2.75) is 11.8 Å². The molecule has 24 heavy (non-hydrogen) atoms. The van der Waals surface area contributed by atoms with Crippen LogP contribution >= 0.6 is 31.9 Å². The quantitative estimate of drug-likeness (QED) is 0.542. The summed E-state index contributed by atoms with van der Waals surface area (Å²) in [5, 5.41) is 0.728. The molecule has 1 radical (unpaired) electrons. The van der Waals surface area contributed by atoms with E-state index in [2.05, 4.69) is 38.8 Å². The fraction of sp³-hybridized carbons (Fsp3) is 0.118. The van der Waals surface area contributed by atoms with Gasteiger partial charge in [0.25, 0.3) is 10.0 Å². The molecule has 0 unspecified atom stereocenters. The molecule has 0 fully saturated rings. The second kappa shape index (κ2) is 6.54. The van der Waals surface area contributed by atoms with Crippen molar-refractivity contribution in [3.8, 4) is 5.75 Å². The summed E-state index contributed by atoms with van der Waals surface area (Å²) in [7, 11) is -3.74.